The Morgan fingerprint density at radius 2 is 1.52 bits per heavy atom. The fourth-order valence-electron chi connectivity index (χ4n) is 6.58. The average molecular weight is 675 g/mol. The highest BCUT2D eigenvalue weighted by atomic mass is 16.5. The summed E-state index contributed by atoms with van der Waals surface area (Å²) in [4.78, 5) is 15.6. The number of ether oxygens (including phenoxy) is 3. The van der Waals surface area contributed by atoms with Crippen molar-refractivity contribution in [3.05, 3.63) is 125 Å². The quantitative estimate of drug-likeness (QED) is 0.120. The van der Waals surface area contributed by atoms with E-state index in [0.29, 0.717) is 42.1 Å². The molecule has 1 saturated heterocycles. The van der Waals surface area contributed by atoms with Gasteiger partial charge in [0, 0.05) is 30.8 Å². The number of likely N-dealkylation sites (tertiary alicyclic amines) is 1. The minimum Gasteiger partial charge on any atom is -0.488 e. The van der Waals surface area contributed by atoms with Crippen LogP contribution in [0.2, 0.25) is 0 Å². The molecule has 1 fully saturated rings. The lowest BCUT2D eigenvalue weighted by Crippen LogP contribution is -2.39. The van der Waals surface area contributed by atoms with Gasteiger partial charge in [-0.25, -0.2) is 9.48 Å². The maximum atomic E-state index is 13.1. The number of carbonyl (C=O) groups is 1. The van der Waals surface area contributed by atoms with E-state index in [0.717, 1.165) is 60.2 Å². The van der Waals surface area contributed by atoms with E-state index in [1.807, 2.05) is 84.9 Å². The highest BCUT2D eigenvalue weighted by Crippen LogP contribution is 2.39. The first-order valence-corrected chi connectivity index (χ1v) is 17.4. The molecule has 1 aliphatic rings. The number of aliphatic hydroxyl groups is 1. The van der Waals surface area contributed by atoms with Gasteiger partial charge >= 0.3 is 5.97 Å². The molecule has 1 aliphatic heterocycles. The number of rotatable bonds is 14. The van der Waals surface area contributed by atoms with Gasteiger partial charge in [0.1, 0.15) is 36.1 Å². The molecule has 1 aromatic heterocycles. The number of nitrogens with zero attached hydrogens (tertiary/aromatic N) is 4. The second-order valence-electron chi connectivity index (χ2n) is 13.1. The van der Waals surface area contributed by atoms with E-state index < -0.39 is 5.97 Å². The van der Waals surface area contributed by atoms with E-state index >= 15 is 0 Å². The van der Waals surface area contributed by atoms with Gasteiger partial charge in [0.25, 0.3) is 0 Å². The van der Waals surface area contributed by atoms with Crippen molar-refractivity contribution >= 4 is 5.97 Å². The fourth-order valence-corrected chi connectivity index (χ4v) is 6.58. The lowest BCUT2D eigenvalue weighted by atomic mass is 9.98. The molecule has 9 heteroatoms. The topological polar surface area (TPSA) is 98.9 Å². The minimum atomic E-state index is -0.575. The normalized spacial score (nSPS) is 14.9. The van der Waals surface area contributed by atoms with Gasteiger partial charge in [-0.1, -0.05) is 110 Å². The number of piperidine rings is 1. The van der Waals surface area contributed by atoms with Crippen LogP contribution in [0, 0.1) is 0 Å². The highest BCUT2D eigenvalue weighted by molar-refractivity contribution is 5.94. The van der Waals surface area contributed by atoms with Crippen molar-refractivity contribution in [1.82, 2.24) is 19.9 Å². The Balaban J connectivity index is 1.40. The van der Waals surface area contributed by atoms with Crippen molar-refractivity contribution in [2.75, 3.05) is 20.3 Å². The van der Waals surface area contributed by atoms with Gasteiger partial charge in [-0.15, -0.1) is 5.10 Å². The molecule has 6 rings (SSSR count). The summed E-state index contributed by atoms with van der Waals surface area (Å²) in [6.07, 6.45) is 4.25. The summed E-state index contributed by atoms with van der Waals surface area (Å²) >= 11 is 0. The van der Waals surface area contributed by atoms with Crippen LogP contribution in [0.15, 0.2) is 97.1 Å². The number of aromatic nitrogens is 3. The van der Waals surface area contributed by atoms with Gasteiger partial charge in [-0.3, -0.25) is 4.90 Å². The van der Waals surface area contributed by atoms with Crippen molar-refractivity contribution in [2.24, 2.45) is 0 Å². The van der Waals surface area contributed by atoms with Crippen molar-refractivity contribution in [1.29, 1.82) is 0 Å². The molecule has 1 unspecified atom stereocenters. The first-order chi connectivity index (χ1) is 24.4. The van der Waals surface area contributed by atoms with Crippen molar-refractivity contribution in [3.63, 3.8) is 0 Å². The summed E-state index contributed by atoms with van der Waals surface area (Å²) in [5.41, 5.74) is 6.24. The van der Waals surface area contributed by atoms with E-state index in [2.05, 4.69) is 41.2 Å². The second-order valence-corrected chi connectivity index (χ2v) is 13.1. The first kappa shape index (κ1) is 34.9. The van der Waals surface area contributed by atoms with Crippen LogP contribution >= 0.6 is 0 Å². The molecule has 0 saturated carbocycles. The fraction of sp³-hybridized carbons (Fsp3) is 0.341. The molecule has 0 bridgehead atoms. The highest BCUT2D eigenvalue weighted by Gasteiger charge is 2.27. The van der Waals surface area contributed by atoms with Crippen LogP contribution in [0.3, 0.4) is 0 Å². The molecule has 1 atom stereocenters. The van der Waals surface area contributed by atoms with Crippen LogP contribution in [0.4, 0.5) is 0 Å². The summed E-state index contributed by atoms with van der Waals surface area (Å²) in [7, 11) is 1.35. The predicted octanol–water partition coefficient (Wildman–Crippen LogP) is 7.74. The number of benzene rings is 4. The van der Waals surface area contributed by atoms with E-state index in [4.69, 9.17) is 14.2 Å². The zero-order chi connectivity index (χ0) is 34.9. The third-order valence-electron chi connectivity index (χ3n) is 9.29. The molecule has 2 heterocycles. The summed E-state index contributed by atoms with van der Waals surface area (Å²) in [6.45, 7) is 6.98. The number of hydrogen-bond donors (Lipinski definition) is 1. The number of hydrogen-bond acceptors (Lipinski definition) is 8. The van der Waals surface area contributed by atoms with E-state index in [1.54, 1.807) is 4.68 Å². The van der Waals surface area contributed by atoms with Gasteiger partial charge in [0.15, 0.2) is 5.69 Å². The Hall–Kier alpha value is -4.99. The van der Waals surface area contributed by atoms with Crippen molar-refractivity contribution < 1.29 is 24.1 Å². The molecule has 1 N–H and O–H groups in total. The Bertz CT molecular complexity index is 1840. The van der Waals surface area contributed by atoms with Gasteiger partial charge < -0.3 is 19.3 Å². The molecular weight excluding hydrogens is 628 g/mol. The van der Waals surface area contributed by atoms with Gasteiger partial charge in [-0.2, -0.15) is 0 Å². The minimum absolute atomic E-state index is 0.110. The SMILES string of the molecule is COC(=O)c1nnn(-c2cc(C(C)C)c(OCc3ccccc3)cc2OCc2ccccc2)c1-c1ccc(CN2CCCCC2CCO)cc1. The number of methoxy groups -OCH3 is 1. The molecule has 0 radical (unpaired) electrons. The molecule has 0 aliphatic carbocycles. The zero-order valence-electron chi connectivity index (χ0n) is 29.1. The summed E-state index contributed by atoms with van der Waals surface area (Å²) in [6, 6.07) is 32.6. The molecular formula is C41H46N4O5. The summed E-state index contributed by atoms with van der Waals surface area (Å²) < 4.78 is 19.8. The third-order valence-corrected chi connectivity index (χ3v) is 9.29. The summed E-state index contributed by atoms with van der Waals surface area (Å²) in [5.74, 6) is 0.792. The lowest BCUT2D eigenvalue weighted by molar-refractivity contribution is 0.0595. The Kier molecular flexibility index (Phi) is 11.6. The smallest absolute Gasteiger partial charge is 0.360 e. The largest absolute Gasteiger partial charge is 0.488 e. The molecule has 4 aromatic carbocycles. The Morgan fingerprint density at radius 3 is 2.14 bits per heavy atom. The van der Waals surface area contributed by atoms with Crippen LogP contribution in [0.1, 0.15) is 78.2 Å². The van der Waals surface area contributed by atoms with Crippen LogP contribution in [0.25, 0.3) is 16.9 Å². The van der Waals surface area contributed by atoms with E-state index in [1.165, 1.54) is 13.5 Å². The summed E-state index contributed by atoms with van der Waals surface area (Å²) in [5, 5.41) is 18.5. The van der Waals surface area contributed by atoms with E-state index in [-0.39, 0.29) is 18.2 Å². The lowest BCUT2D eigenvalue weighted by Gasteiger charge is -2.35. The van der Waals surface area contributed by atoms with Gasteiger partial charge in [0.2, 0.25) is 0 Å². The van der Waals surface area contributed by atoms with Crippen LogP contribution in [-0.2, 0) is 24.5 Å². The molecule has 50 heavy (non-hydrogen) atoms. The predicted molar refractivity (Wildman–Crippen MR) is 194 cm³/mol. The Labute approximate surface area is 294 Å². The third kappa shape index (κ3) is 8.23. The standard InChI is InChI=1S/C41H46N4O5/c1-29(2)35-24-36(38(50-28-32-14-8-5-9-15-32)25-37(35)49-27-31-12-6-4-7-13-31)45-40(39(42-43-45)41(47)48-3)33-19-17-30(18-20-33)26-44-22-11-10-16-34(44)21-23-46/h4-9,12-15,17-20,24-25,29,34,46H,10-11,16,21-23,26-28H2,1-3H3. The molecule has 260 valence electrons. The van der Waals surface area contributed by atoms with Crippen LogP contribution in [-0.4, -0.2) is 57.3 Å². The maximum Gasteiger partial charge on any atom is 0.360 e. The zero-order valence-corrected chi connectivity index (χ0v) is 29.1. The van der Waals surface area contributed by atoms with Crippen LogP contribution in [0.5, 0.6) is 11.5 Å². The first-order valence-electron chi connectivity index (χ1n) is 17.4. The second kappa shape index (κ2) is 16.6. The molecule has 5 aromatic rings. The van der Waals surface area contributed by atoms with E-state index in [9.17, 15) is 9.90 Å². The average Bonchev–Trinajstić information content (AvgIpc) is 3.59. The van der Waals surface area contributed by atoms with Gasteiger partial charge in [-0.05, 0) is 60.0 Å². The number of carbonyl (C=O) groups excluding carboxylic acids is 1. The molecule has 0 amide bonds. The number of aliphatic hydroxyl groups excluding tert-OH is 1. The number of esters is 1. The van der Waals surface area contributed by atoms with Gasteiger partial charge in [0.05, 0.1) is 7.11 Å². The molecule has 0 spiro atoms. The van der Waals surface area contributed by atoms with Crippen LogP contribution < -0.4 is 9.47 Å². The monoisotopic (exact) mass is 674 g/mol. The van der Waals surface area contributed by atoms with Crippen molar-refractivity contribution in [2.45, 2.75) is 71.2 Å². The van der Waals surface area contributed by atoms with Crippen molar-refractivity contribution in [3.8, 4) is 28.4 Å². The Morgan fingerprint density at radius 1 is 0.860 bits per heavy atom. The maximum absolute atomic E-state index is 13.1. The molecule has 9 nitrogen and oxygen atoms in total.